The summed E-state index contributed by atoms with van der Waals surface area (Å²) >= 11 is 0. The number of rotatable bonds is 10. The Morgan fingerprint density at radius 2 is 1.05 bits per heavy atom. The molecule has 0 spiro atoms. The summed E-state index contributed by atoms with van der Waals surface area (Å²) < 4.78 is 28.0. The molecule has 0 saturated carbocycles. The molecule has 0 aromatic rings. The monoisotopic (exact) mass is 627 g/mol. The zero-order chi connectivity index (χ0) is 32.2. The van der Waals surface area contributed by atoms with Gasteiger partial charge in [-0.25, -0.2) is 0 Å². The maximum atomic E-state index is 11.9. The topological polar surface area (TPSA) is 295 Å². The molecule has 43 heavy (non-hydrogen) atoms. The molecule has 0 radical (unpaired) electrons. The predicted octanol–water partition coefficient (Wildman–Crippen LogP) is -7.14. The Bertz CT molecular complexity index is 962. The number of hydrogen-bond acceptors (Lipinski definition) is 16. The van der Waals surface area contributed by atoms with Gasteiger partial charge in [0.05, 0.1) is 19.8 Å². The Labute approximate surface area is 245 Å². The quantitative estimate of drug-likeness (QED) is 0.107. The molecular formula is C24H41N3O16. The lowest BCUT2D eigenvalue weighted by atomic mass is 9.94. The number of ether oxygens (including phenoxy) is 5. The predicted molar refractivity (Wildman–Crippen MR) is 136 cm³/mol. The molecule has 3 saturated heterocycles. The van der Waals surface area contributed by atoms with Gasteiger partial charge in [-0.05, 0) is 0 Å². The van der Waals surface area contributed by atoms with Crippen molar-refractivity contribution in [1.29, 1.82) is 0 Å². The van der Waals surface area contributed by atoms with Gasteiger partial charge in [-0.3, -0.25) is 14.4 Å². The molecule has 0 aliphatic carbocycles. The zero-order valence-corrected chi connectivity index (χ0v) is 23.6. The molecule has 3 aliphatic heterocycles. The summed E-state index contributed by atoms with van der Waals surface area (Å²) in [6.07, 6.45) is -18.9. The second-order valence-corrected chi connectivity index (χ2v) is 10.6. The first kappa shape index (κ1) is 35.4. The third kappa shape index (κ3) is 8.34. The van der Waals surface area contributed by atoms with Gasteiger partial charge in [0.15, 0.2) is 18.9 Å². The van der Waals surface area contributed by atoms with Crippen LogP contribution in [-0.2, 0) is 38.1 Å². The number of aliphatic hydroxyl groups excluding tert-OH is 8. The fraction of sp³-hybridized carbons (Fsp3) is 0.875. The van der Waals surface area contributed by atoms with Crippen LogP contribution < -0.4 is 16.0 Å². The molecule has 3 amide bonds. The molecule has 3 aliphatic rings. The van der Waals surface area contributed by atoms with Crippen LogP contribution in [0.1, 0.15) is 20.8 Å². The largest absolute Gasteiger partial charge is 0.394 e. The number of amides is 3. The SMILES string of the molecule is CC(=O)NC1C(O)[C@H](O)C(CO)O[C@H]1OCC1O[C@H](O)C(NC(C)=O)C(O[C@@H]2OC(CO)[C@@H](O)C(O)C2NC(C)=O)[C@H]1O. The van der Waals surface area contributed by atoms with Crippen LogP contribution in [0.15, 0.2) is 0 Å². The second kappa shape index (κ2) is 15.3. The van der Waals surface area contributed by atoms with E-state index in [2.05, 4.69) is 16.0 Å². The third-order valence-corrected chi connectivity index (χ3v) is 7.28. The highest BCUT2D eigenvalue weighted by Gasteiger charge is 2.52. The maximum Gasteiger partial charge on any atom is 0.217 e. The highest BCUT2D eigenvalue weighted by Crippen LogP contribution is 2.30. The Balaban J connectivity index is 1.84. The summed E-state index contributed by atoms with van der Waals surface area (Å²) in [5, 5.41) is 89.8. The van der Waals surface area contributed by atoms with Crippen molar-refractivity contribution in [3.63, 3.8) is 0 Å². The molecule has 19 heteroatoms. The molecule has 248 valence electrons. The van der Waals surface area contributed by atoms with Gasteiger partial charge in [0.1, 0.15) is 73.1 Å². The second-order valence-electron chi connectivity index (χ2n) is 10.6. The van der Waals surface area contributed by atoms with Gasteiger partial charge >= 0.3 is 0 Å². The van der Waals surface area contributed by atoms with E-state index in [0.717, 1.165) is 20.8 Å². The van der Waals surface area contributed by atoms with Gasteiger partial charge in [0, 0.05) is 20.8 Å². The lowest BCUT2D eigenvalue weighted by molar-refractivity contribution is -0.331. The molecule has 3 rings (SSSR count). The van der Waals surface area contributed by atoms with E-state index in [1.807, 2.05) is 0 Å². The van der Waals surface area contributed by atoms with Crippen LogP contribution in [0.2, 0.25) is 0 Å². The van der Waals surface area contributed by atoms with Crippen LogP contribution in [0.4, 0.5) is 0 Å². The maximum absolute atomic E-state index is 11.9. The number of nitrogens with one attached hydrogen (secondary N) is 3. The number of carbonyl (C=O) groups is 3. The van der Waals surface area contributed by atoms with Crippen molar-refractivity contribution in [2.45, 2.75) is 113 Å². The van der Waals surface area contributed by atoms with Crippen molar-refractivity contribution in [2.24, 2.45) is 0 Å². The van der Waals surface area contributed by atoms with Crippen molar-refractivity contribution >= 4 is 17.7 Å². The molecule has 0 aromatic carbocycles. The van der Waals surface area contributed by atoms with Crippen LogP contribution in [0.3, 0.4) is 0 Å². The molecule has 15 atom stereocenters. The zero-order valence-electron chi connectivity index (χ0n) is 23.6. The molecule has 0 aromatic heterocycles. The molecule has 9 unspecified atom stereocenters. The van der Waals surface area contributed by atoms with Crippen LogP contribution in [0.25, 0.3) is 0 Å². The van der Waals surface area contributed by atoms with E-state index in [4.69, 9.17) is 23.7 Å². The molecule has 3 heterocycles. The van der Waals surface area contributed by atoms with Crippen molar-refractivity contribution in [1.82, 2.24) is 16.0 Å². The highest BCUT2D eigenvalue weighted by atomic mass is 16.7. The lowest BCUT2D eigenvalue weighted by Gasteiger charge is -2.48. The van der Waals surface area contributed by atoms with Gasteiger partial charge in [-0.15, -0.1) is 0 Å². The summed E-state index contributed by atoms with van der Waals surface area (Å²) in [5.41, 5.74) is 0. The Morgan fingerprint density at radius 3 is 1.51 bits per heavy atom. The van der Waals surface area contributed by atoms with E-state index in [0.29, 0.717) is 0 Å². The first-order chi connectivity index (χ1) is 20.2. The molecule has 3 fully saturated rings. The highest BCUT2D eigenvalue weighted by molar-refractivity contribution is 5.74. The van der Waals surface area contributed by atoms with Gasteiger partial charge in [-0.2, -0.15) is 0 Å². The minimum atomic E-state index is -1.84. The molecule has 0 bridgehead atoms. The third-order valence-electron chi connectivity index (χ3n) is 7.28. The van der Waals surface area contributed by atoms with Crippen LogP contribution >= 0.6 is 0 Å². The Hall–Kier alpha value is -2.11. The summed E-state index contributed by atoms with van der Waals surface area (Å²) in [5.74, 6) is -1.92. The summed E-state index contributed by atoms with van der Waals surface area (Å²) in [6.45, 7) is 1.29. The average Bonchev–Trinajstić information content (AvgIpc) is 2.93. The van der Waals surface area contributed by atoms with E-state index in [-0.39, 0.29) is 0 Å². The Kier molecular flexibility index (Phi) is 12.5. The van der Waals surface area contributed by atoms with E-state index in [9.17, 15) is 55.2 Å². The fourth-order valence-electron chi connectivity index (χ4n) is 5.17. The minimum absolute atomic E-state index is 0.603. The smallest absolute Gasteiger partial charge is 0.217 e. The summed E-state index contributed by atoms with van der Waals surface area (Å²) in [4.78, 5) is 35.4. The van der Waals surface area contributed by atoms with E-state index >= 15 is 0 Å². The fourth-order valence-corrected chi connectivity index (χ4v) is 5.17. The van der Waals surface area contributed by atoms with Gasteiger partial charge in [0.2, 0.25) is 17.7 Å². The van der Waals surface area contributed by atoms with Crippen molar-refractivity contribution < 1.29 is 78.9 Å². The molecule has 19 nitrogen and oxygen atoms in total. The lowest BCUT2D eigenvalue weighted by Crippen LogP contribution is -2.69. The average molecular weight is 628 g/mol. The van der Waals surface area contributed by atoms with Crippen LogP contribution in [0, 0.1) is 0 Å². The van der Waals surface area contributed by atoms with Gasteiger partial charge < -0.3 is 80.5 Å². The summed E-state index contributed by atoms with van der Waals surface area (Å²) in [6, 6.07) is -4.19. The number of hydrogen-bond donors (Lipinski definition) is 11. The van der Waals surface area contributed by atoms with E-state index < -0.39 is 129 Å². The summed E-state index contributed by atoms with van der Waals surface area (Å²) in [7, 11) is 0. The van der Waals surface area contributed by atoms with E-state index in [1.54, 1.807) is 0 Å². The van der Waals surface area contributed by atoms with Crippen LogP contribution in [0.5, 0.6) is 0 Å². The van der Waals surface area contributed by atoms with Gasteiger partial charge in [0.25, 0.3) is 0 Å². The molecule has 11 N–H and O–H groups in total. The van der Waals surface area contributed by atoms with E-state index in [1.165, 1.54) is 0 Å². The normalized spacial score (nSPS) is 43.5. The minimum Gasteiger partial charge on any atom is -0.394 e. The van der Waals surface area contributed by atoms with Crippen LogP contribution in [-0.4, -0.2) is 170 Å². The Morgan fingerprint density at radius 1 is 0.605 bits per heavy atom. The van der Waals surface area contributed by atoms with Crippen molar-refractivity contribution in [3.8, 4) is 0 Å². The van der Waals surface area contributed by atoms with Crippen molar-refractivity contribution in [2.75, 3.05) is 19.8 Å². The number of aliphatic hydroxyl groups is 8. The molecular weight excluding hydrogens is 586 g/mol. The van der Waals surface area contributed by atoms with Gasteiger partial charge in [-0.1, -0.05) is 0 Å². The first-order valence-electron chi connectivity index (χ1n) is 13.5. The standard InChI is InChI=1S/C24H41N3O16/c1-7(30)25-13-19(36)16(33)10(4-28)41-23(13)39-6-12-18(35)21(15(22(38)40-12)27-9(3)32)43-24-14(26-8(2)31)20(37)17(34)11(5-29)42-24/h10-24,28-29,33-38H,4-6H2,1-3H3,(H,25,30)(H,26,31)(H,27,32)/t10?,11?,12?,13?,14?,15?,16-,17-,18+,19?,20?,21?,22+,23-,24+/m1/s1. The number of carbonyl (C=O) groups excluding carboxylic acids is 3. The van der Waals surface area contributed by atoms with Crippen molar-refractivity contribution in [3.05, 3.63) is 0 Å². The first-order valence-corrected chi connectivity index (χ1v) is 13.5.